The zero-order valence-corrected chi connectivity index (χ0v) is 15.3. The van der Waals surface area contributed by atoms with Crippen LogP contribution in [-0.4, -0.2) is 21.5 Å². The van der Waals surface area contributed by atoms with Crippen molar-refractivity contribution in [2.24, 2.45) is 0 Å². The highest BCUT2D eigenvalue weighted by Gasteiger charge is 2.06. The molecule has 0 spiro atoms. The fraction of sp³-hybridized carbons (Fsp3) is 0.263. The molecule has 4 aromatic rings. The predicted octanol–water partition coefficient (Wildman–Crippen LogP) is 6.02. The topological polar surface area (TPSA) is 52.1 Å². The molecule has 0 saturated carbocycles. The van der Waals surface area contributed by atoms with Crippen molar-refractivity contribution in [1.82, 2.24) is 9.97 Å². The molecule has 2 aromatic heterocycles. The lowest BCUT2D eigenvalue weighted by molar-refractivity contribution is 0.489. The molecular formula is C19H18N2O2S2. The predicted molar refractivity (Wildman–Crippen MR) is 103 cm³/mol. The molecule has 6 heteroatoms. The van der Waals surface area contributed by atoms with Gasteiger partial charge in [0.05, 0.1) is 0 Å². The van der Waals surface area contributed by atoms with Gasteiger partial charge in [-0.1, -0.05) is 54.2 Å². The first-order valence-electron chi connectivity index (χ1n) is 8.35. The second-order valence-corrected chi connectivity index (χ2v) is 7.74. The van der Waals surface area contributed by atoms with E-state index in [9.17, 15) is 0 Å². The fourth-order valence-corrected chi connectivity index (χ4v) is 4.19. The number of aromatic nitrogens is 2. The fourth-order valence-electron chi connectivity index (χ4n) is 2.53. The van der Waals surface area contributed by atoms with E-state index >= 15 is 0 Å². The van der Waals surface area contributed by atoms with Crippen molar-refractivity contribution in [3.8, 4) is 0 Å². The molecule has 128 valence electrons. The highest BCUT2D eigenvalue weighted by Crippen LogP contribution is 2.26. The Labute approximate surface area is 154 Å². The van der Waals surface area contributed by atoms with E-state index in [4.69, 9.17) is 8.83 Å². The Morgan fingerprint density at radius 1 is 0.640 bits per heavy atom. The first kappa shape index (κ1) is 16.5. The summed E-state index contributed by atoms with van der Waals surface area (Å²) < 4.78 is 11.4. The van der Waals surface area contributed by atoms with E-state index in [1.54, 1.807) is 23.5 Å². The lowest BCUT2D eigenvalue weighted by Gasteiger charge is -1.98. The molecule has 4 rings (SSSR count). The van der Waals surface area contributed by atoms with E-state index in [1.807, 2.05) is 48.5 Å². The Morgan fingerprint density at radius 2 is 1.12 bits per heavy atom. The molecule has 0 N–H and O–H groups in total. The zero-order valence-electron chi connectivity index (χ0n) is 13.7. The van der Waals surface area contributed by atoms with E-state index in [2.05, 4.69) is 9.97 Å². The molecule has 0 fully saturated rings. The number of hydrogen-bond acceptors (Lipinski definition) is 6. The monoisotopic (exact) mass is 370 g/mol. The average molecular weight is 370 g/mol. The lowest BCUT2D eigenvalue weighted by atomic mass is 10.3. The SMILES string of the molecule is c1ccc2oc(SCCCCCSc3nc4ccccc4o3)nc2c1. The standard InChI is InChI=1S/C19H18N2O2S2/c1(6-12-24-18-20-14-8-2-4-10-16(14)22-18)7-13-25-19-21-15-9-3-5-11-17(15)23-19/h2-5,8-11H,1,6-7,12-13H2. The smallest absolute Gasteiger partial charge is 0.256 e. The van der Waals surface area contributed by atoms with Crippen molar-refractivity contribution in [2.45, 2.75) is 29.7 Å². The number of rotatable bonds is 8. The van der Waals surface area contributed by atoms with Crippen molar-refractivity contribution < 1.29 is 8.83 Å². The third kappa shape index (κ3) is 4.19. The van der Waals surface area contributed by atoms with Gasteiger partial charge in [-0.05, 0) is 37.1 Å². The maximum absolute atomic E-state index is 5.71. The number of unbranched alkanes of at least 4 members (excludes halogenated alkanes) is 2. The van der Waals surface area contributed by atoms with Gasteiger partial charge >= 0.3 is 0 Å². The Hall–Kier alpha value is -1.92. The van der Waals surface area contributed by atoms with Gasteiger partial charge < -0.3 is 8.83 Å². The average Bonchev–Trinajstić information content (AvgIpc) is 3.23. The van der Waals surface area contributed by atoms with Crippen LogP contribution >= 0.6 is 23.5 Å². The summed E-state index contributed by atoms with van der Waals surface area (Å²) in [5.41, 5.74) is 3.58. The summed E-state index contributed by atoms with van der Waals surface area (Å²) in [6.07, 6.45) is 3.48. The maximum Gasteiger partial charge on any atom is 0.256 e. The summed E-state index contributed by atoms with van der Waals surface area (Å²) >= 11 is 3.38. The number of hydrogen-bond donors (Lipinski definition) is 0. The largest absolute Gasteiger partial charge is 0.431 e. The number of thioether (sulfide) groups is 2. The number of para-hydroxylation sites is 4. The van der Waals surface area contributed by atoms with E-state index in [-0.39, 0.29) is 0 Å². The summed E-state index contributed by atoms with van der Waals surface area (Å²) in [6, 6.07) is 15.8. The summed E-state index contributed by atoms with van der Waals surface area (Å²) in [4.78, 5) is 8.96. The minimum absolute atomic E-state index is 0.766. The van der Waals surface area contributed by atoms with Gasteiger partial charge in [-0.2, -0.15) is 0 Å². The van der Waals surface area contributed by atoms with Crippen LogP contribution in [-0.2, 0) is 0 Å². The van der Waals surface area contributed by atoms with Crippen molar-refractivity contribution >= 4 is 45.7 Å². The Kier molecular flexibility index (Phi) is 5.28. The molecule has 0 atom stereocenters. The molecule has 0 saturated heterocycles. The first-order chi connectivity index (χ1) is 12.4. The highest BCUT2D eigenvalue weighted by molar-refractivity contribution is 7.99. The summed E-state index contributed by atoms with van der Waals surface area (Å²) in [6.45, 7) is 0. The summed E-state index contributed by atoms with van der Waals surface area (Å²) in [5.74, 6) is 2.06. The zero-order chi connectivity index (χ0) is 16.9. The van der Waals surface area contributed by atoms with Crippen LogP contribution in [0, 0.1) is 0 Å². The Bertz CT molecular complexity index is 820. The minimum Gasteiger partial charge on any atom is -0.431 e. The van der Waals surface area contributed by atoms with Gasteiger partial charge in [0, 0.05) is 11.5 Å². The quantitative estimate of drug-likeness (QED) is 0.279. The van der Waals surface area contributed by atoms with Crippen LogP contribution in [0.5, 0.6) is 0 Å². The van der Waals surface area contributed by atoms with Crippen LogP contribution < -0.4 is 0 Å². The lowest BCUT2D eigenvalue weighted by Crippen LogP contribution is -1.84. The molecule has 25 heavy (non-hydrogen) atoms. The van der Waals surface area contributed by atoms with Gasteiger partial charge in [-0.15, -0.1) is 0 Å². The molecule has 4 nitrogen and oxygen atoms in total. The molecule has 0 aliphatic rings. The number of benzene rings is 2. The van der Waals surface area contributed by atoms with Gasteiger partial charge in [0.25, 0.3) is 10.4 Å². The van der Waals surface area contributed by atoms with Gasteiger partial charge in [-0.3, -0.25) is 0 Å². The van der Waals surface area contributed by atoms with E-state index < -0.39 is 0 Å². The molecule has 0 aliphatic carbocycles. The van der Waals surface area contributed by atoms with Crippen molar-refractivity contribution in [3.63, 3.8) is 0 Å². The van der Waals surface area contributed by atoms with Crippen LogP contribution in [0.25, 0.3) is 22.2 Å². The molecule has 2 aromatic carbocycles. The van der Waals surface area contributed by atoms with E-state index in [0.717, 1.165) is 57.0 Å². The number of nitrogens with zero attached hydrogens (tertiary/aromatic N) is 2. The van der Waals surface area contributed by atoms with E-state index in [0.29, 0.717) is 0 Å². The highest BCUT2D eigenvalue weighted by atomic mass is 32.2. The second-order valence-electron chi connectivity index (χ2n) is 5.65. The normalized spacial score (nSPS) is 11.5. The second kappa shape index (κ2) is 7.97. The van der Waals surface area contributed by atoms with Crippen LogP contribution in [0.2, 0.25) is 0 Å². The molecule has 0 aliphatic heterocycles. The van der Waals surface area contributed by atoms with Crippen LogP contribution in [0.4, 0.5) is 0 Å². The van der Waals surface area contributed by atoms with Crippen LogP contribution in [0.3, 0.4) is 0 Å². The van der Waals surface area contributed by atoms with Crippen molar-refractivity contribution in [1.29, 1.82) is 0 Å². The maximum atomic E-state index is 5.71. The summed E-state index contributed by atoms with van der Waals surface area (Å²) in [5, 5.41) is 1.53. The van der Waals surface area contributed by atoms with Crippen molar-refractivity contribution in [2.75, 3.05) is 11.5 Å². The molecular weight excluding hydrogens is 352 g/mol. The molecule has 0 radical (unpaired) electrons. The van der Waals surface area contributed by atoms with Crippen molar-refractivity contribution in [3.05, 3.63) is 48.5 Å². The Morgan fingerprint density at radius 3 is 1.60 bits per heavy atom. The molecule has 2 heterocycles. The minimum atomic E-state index is 0.766. The number of oxazole rings is 2. The van der Waals surface area contributed by atoms with Gasteiger partial charge in [0.1, 0.15) is 11.0 Å². The molecule has 0 unspecified atom stereocenters. The van der Waals surface area contributed by atoms with E-state index in [1.165, 1.54) is 6.42 Å². The van der Waals surface area contributed by atoms with Crippen LogP contribution in [0.1, 0.15) is 19.3 Å². The van der Waals surface area contributed by atoms with Gasteiger partial charge in [-0.25, -0.2) is 9.97 Å². The van der Waals surface area contributed by atoms with Gasteiger partial charge in [0.15, 0.2) is 11.2 Å². The van der Waals surface area contributed by atoms with Gasteiger partial charge in [0.2, 0.25) is 0 Å². The Balaban J connectivity index is 1.15. The molecule has 0 bridgehead atoms. The third-order valence-electron chi connectivity index (χ3n) is 3.79. The molecule has 0 amide bonds. The number of fused-ring (bicyclic) bond motifs is 2. The third-order valence-corrected chi connectivity index (χ3v) is 5.62. The van der Waals surface area contributed by atoms with Crippen LogP contribution in [0.15, 0.2) is 67.8 Å². The summed E-state index contributed by atoms with van der Waals surface area (Å²) in [7, 11) is 0. The first-order valence-corrected chi connectivity index (χ1v) is 10.3.